The zero-order chi connectivity index (χ0) is 13.8. The largest absolute Gasteiger partial charge is 0.374 e. The van der Waals surface area contributed by atoms with Crippen LogP contribution in [0.25, 0.3) is 0 Å². The molecule has 0 bridgehead atoms. The maximum absolute atomic E-state index is 11.9. The van der Waals surface area contributed by atoms with E-state index in [9.17, 15) is 4.79 Å². The summed E-state index contributed by atoms with van der Waals surface area (Å²) in [5.41, 5.74) is 0.694. The minimum atomic E-state index is -0.432. The molecule has 1 aromatic heterocycles. The van der Waals surface area contributed by atoms with Gasteiger partial charge in [-0.05, 0) is 25.1 Å². The smallest absolute Gasteiger partial charge is 0.248 e. The normalized spacial score (nSPS) is 11.9. The van der Waals surface area contributed by atoms with Crippen LogP contribution in [0.5, 0.6) is 0 Å². The Kier molecular flexibility index (Phi) is 4.63. The number of halogens is 2. The maximum Gasteiger partial charge on any atom is 0.248 e. The molecule has 1 heterocycles. The number of aromatic nitrogens is 1. The quantitative estimate of drug-likeness (QED) is 0.900. The lowest BCUT2D eigenvalue weighted by atomic mass is 10.2. The number of carbonyl (C=O) groups excluding carboxylic acids is 1. The zero-order valence-corrected chi connectivity index (χ0v) is 12.3. The fraction of sp³-hybridized carbons (Fsp3) is 0.167. The molecule has 0 aliphatic carbocycles. The first kappa shape index (κ1) is 14.1. The number of amides is 1. The van der Waals surface area contributed by atoms with E-state index in [0.717, 1.165) is 0 Å². The summed E-state index contributed by atoms with van der Waals surface area (Å²) in [5, 5.41) is 9.14. The van der Waals surface area contributed by atoms with E-state index in [2.05, 4.69) is 15.6 Å². The number of carbonyl (C=O) groups is 1. The highest BCUT2D eigenvalue weighted by molar-refractivity contribution is 7.13. The molecule has 0 aliphatic heterocycles. The van der Waals surface area contributed by atoms with Crippen LogP contribution >= 0.6 is 34.5 Å². The summed E-state index contributed by atoms with van der Waals surface area (Å²) in [4.78, 5) is 15.9. The van der Waals surface area contributed by atoms with Gasteiger partial charge in [-0.1, -0.05) is 23.2 Å². The third kappa shape index (κ3) is 4.09. The van der Waals surface area contributed by atoms with E-state index in [1.165, 1.54) is 11.3 Å². The Morgan fingerprint density at radius 2 is 2.00 bits per heavy atom. The van der Waals surface area contributed by atoms with Crippen molar-refractivity contribution in [1.29, 1.82) is 0 Å². The molecule has 1 atom stereocenters. The maximum atomic E-state index is 11.9. The molecule has 2 rings (SSSR count). The summed E-state index contributed by atoms with van der Waals surface area (Å²) in [6, 6.07) is 4.62. The Morgan fingerprint density at radius 1 is 1.32 bits per heavy atom. The molecular formula is C12H11Cl2N3OS. The number of anilines is 2. The Bertz CT molecular complexity index is 554. The Balaban J connectivity index is 2.00. The van der Waals surface area contributed by atoms with Crippen LogP contribution in [0, 0.1) is 0 Å². The standard InChI is InChI=1S/C12H11Cl2N3OS/c1-7(11(18)17-12-15-2-3-19-12)16-10-5-8(13)4-9(14)6-10/h2-7,16H,1H3,(H,15,17,18)/t7-/m0/s1. The van der Waals surface area contributed by atoms with Gasteiger partial charge in [0.1, 0.15) is 6.04 Å². The fourth-order valence-corrected chi connectivity index (χ4v) is 2.51. The lowest BCUT2D eigenvalue weighted by Crippen LogP contribution is -2.31. The first-order valence-electron chi connectivity index (χ1n) is 5.47. The van der Waals surface area contributed by atoms with E-state index in [0.29, 0.717) is 20.9 Å². The van der Waals surface area contributed by atoms with Crippen LogP contribution in [0.3, 0.4) is 0 Å². The van der Waals surface area contributed by atoms with Crippen LogP contribution in [-0.2, 0) is 4.79 Å². The summed E-state index contributed by atoms with van der Waals surface area (Å²) in [7, 11) is 0. The van der Waals surface area contributed by atoms with Crippen molar-refractivity contribution >= 4 is 51.3 Å². The fourth-order valence-electron chi connectivity index (χ4n) is 1.45. The molecule has 0 unspecified atom stereocenters. The van der Waals surface area contributed by atoms with Crippen molar-refractivity contribution in [2.75, 3.05) is 10.6 Å². The molecule has 0 saturated carbocycles. The average Bonchev–Trinajstić information content (AvgIpc) is 2.80. The second-order valence-electron chi connectivity index (χ2n) is 3.85. The van der Waals surface area contributed by atoms with Crippen molar-refractivity contribution in [2.45, 2.75) is 13.0 Å². The molecule has 7 heteroatoms. The molecule has 0 fully saturated rings. The number of hydrogen-bond donors (Lipinski definition) is 2. The Morgan fingerprint density at radius 3 is 2.58 bits per heavy atom. The summed E-state index contributed by atoms with van der Waals surface area (Å²) < 4.78 is 0. The molecule has 2 aromatic rings. The van der Waals surface area contributed by atoms with Gasteiger partial charge in [-0.25, -0.2) is 4.98 Å². The third-order valence-corrected chi connectivity index (χ3v) is 3.43. The SMILES string of the molecule is C[C@H](Nc1cc(Cl)cc(Cl)c1)C(=O)Nc1nccs1. The second-order valence-corrected chi connectivity index (χ2v) is 5.62. The lowest BCUT2D eigenvalue weighted by molar-refractivity contribution is -0.116. The van der Waals surface area contributed by atoms with Gasteiger partial charge in [0, 0.05) is 27.3 Å². The van der Waals surface area contributed by atoms with Gasteiger partial charge in [0.25, 0.3) is 0 Å². The van der Waals surface area contributed by atoms with Crippen molar-refractivity contribution < 1.29 is 4.79 Å². The number of nitrogens with zero attached hydrogens (tertiary/aromatic N) is 1. The van der Waals surface area contributed by atoms with Crippen molar-refractivity contribution in [3.05, 3.63) is 39.8 Å². The van der Waals surface area contributed by atoms with Crippen molar-refractivity contribution in [1.82, 2.24) is 4.98 Å². The highest BCUT2D eigenvalue weighted by Crippen LogP contribution is 2.23. The lowest BCUT2D eigenvalue weighted by Gasteiger charge is -2.14. The third-order valence-electron chi connectivity index (χ3n) is 2.30. The summed E-state index contributed by atoms with van der Waals surface area (Å²) in [5.74, 6) is -0.175. The van der Waals surface area contributed by atoms with Crippen LogP contribution in [0.2, 0.25) is 10.0 Å². The van der Waals surface area contributed by atoms with Gasteiger partial charge < -0.3 is 10.6 Å². The van der Waals surface area contributed by atoms with Gasteiger partial charge in [0.05, 0.1) is 0 Å². The Labute approximate surface area is 124 Å². The first-order valence-corrected chi connectivity index (χ1v) is 7.11. The van der Waals surface area contributed by atoms with Crippen molar-refractivity contribution in [2.24, 2.45) is 0 Å². The molecule has 19 heavy (non-hydrogen) atoms. The number of rotatable bonds is 4. The molecule has 0 spiro atoms. The minimum absolute atomic E-state index is 0.175. The van der Waals surface area contributed by atoms with E-state index >= 15 is 0 Å². The number of nitrogens with one attached hydrogen (secondary N) is 2. The van der Waals surface area contributed by atoms with Gasteiger partial charge in [0.2, 0.25) is 5.91 Å². The minimum Gasteiger partial charge on any atom is -0.374 e. The van der Waals surface area contributed by atoms with Crippen LogP contribution < -0.4 is 10.6 Å². The topological polar surface area (TPSA) is 54.0 Å². The average molecular weight is 316 g/mol. The molecular weight excluding hydrogens is 305 g/mol. The number of thiazole rings is 1. The molecule has 0 aliphatic rings. The van der Waals surface area contributed by atoms with E-state index < -0.39 is 6.04 Å². The van der Waals surface area contributed by atoms with Crippen LogP contribution in [0.15, 0.2) is 29.8 Å². The molecule has 1 amide bonds. The van der Waals surface area contributed by atoms with Gasteiger partial charge >= 0.3 is 0 Å². The summed E-state index contributed by atoms with van der Waals surface area (Å²) in [6.45, 7) is 1.75. The van der Waals surface area contributed by atoms with Crippen LogP contribution in [0.4, 0.5) is 10.8 Å². The zero-order valence-electron chi connectivity index (χ0n) is 9.98. The molecule has 0 radical (unpaired) electrons. The van der Waals surface area contributed by atoms with E-state index in [1.54, 1.807) is 36.7 Å². The highest BCUT2D eigenvalue weighted by atomic mass is 35.5. The van der Waals surface area contributed by atoms with E-state index in [-0.39, 0.29) is 5.91 Å². The van der Waals surface area contributed by atoms with Gasteiger partial charge in [-0.2, -0.15) is 0 Å². The molecule has 100 valence electrons. The summed E-state index contributed by atoms with van der Waals surface area (Å²) >= 11 is 13.2. The van der Waals surface area contributed by atoms with Crippen molar-refractivity contribution in [3.63, 3.8) is 0 Å². The number of hydrogen-bond acceptors (Lipinski definition) is 4. The first-order chi connectivity index (χ1) is 9.04. The van der Waals surface area contributed by atoms with Gasteiger partial charge in [0.15, 0.2) is 5.13 Å². The Hall–Kier alpha value is -1.30. The van der Waals surface area contributed by atoms with Crippen LogP contribution in [0.1, 0.15) is 6.92 Å². The van der Waals surface area contributed by atoms with E-state index in [1.807, 2.05) is 0 Å². The molecule has 0 saturated heterocycles. The predicted molar refractivity (Wildman–Crippen MR) is 80.3 cm³/mol. The number of benzene rings is 1. The molecule has 1 aromatic carbocycles. The van der Waals surface area contributed by atoms with Gasteiger partial charge in [-0.3, -0.25) is 4.79 Å². The monoisotopic (exact) mass is 315 g/mol. The predicted octanol–water partition coefficient (Wildman–Crippen LogP) is 3.89. The van der Waals surface area contributed by atoms with Gasteiger partial charge in [-0.15, -0.1) is 11.3 Å². The summed E-state index contributed by atoms with van der Waals surface area (Å²) in [6.07, 6.45) is 1.63. The second kappa shape index (κ2) is 6.23. The van der Waals surface area contributed by atoms with Crippen molar-refractivity contribution in [3.8, 4) is 0 Å². The van der Waals surface area contributed by atoms with Crippen LogP contribution in [-0.4, -0.2) is 16.9 Å². The van der Waals surface area contributed by atoms with E-state index in [4.69, 9.17) is 23.2 Å². The highest BCUT2D eigenvalue weighted by Gasteiger charge is 2.14. The molecule has 4 nitrogen and oxygen atoms in total. The molecule has 2 N–H and O–H groups in total.